The van der Waals surface area contributed by atoms with Gasteiger partial charge in [-0.1, -0.05) is 11.6 Å². The Bertz CT molecular complexity index is 721. The summed E-state index contributed by atoms with van der Waals surface area (Å²) in [6.45, 7) is 3.59. The molecule has 1 aliphatic rings. The van der Waals surface area contributed by atoms with Crippen molar-refractivity contribution >= 4 is 23.3 Å². The number of carbonyl (C=O) groups excluding carboxylic acids is 1. The van der Waals surface area contributed by atoms with Crippen molar-refractivity contribution in [2.24, 2.45) is 0 Å². The van der Waals surface area contributed by atoms with Crippen LogP contribution in [0.2, 0.25) is 5.02 Å². The number of likely N-dealkylation sites (tertiary alicyclic amines) is 1. The third-order valence-electron chi connectivity index (χ3n) is 4.66. The van der Waals surface area contributed by atoms with Gasteiger partial charge in [-0.05, 0) is 49.9 Å². The highest BCUT2D eigenvalue weighted by Gasteiger charge is 2.28. The maximum atomic E-state index is 12.5. The standard InChI is InChI=1S/C18H21ClN4O2/c1-13(18(24)21-17-5-4-16(19)11-20-17)22-8-2-3-15(12-22)14-6-9-23(25)10-7-14/h4-7,9-11,13,15H,2-3,8,12H2,1H3,(H,20,21,24)/t13?,15-/m1/s1. The predicted molar refractivity (Wildman–Crippen MR) is 96.3 cm³/mol. The summed E-state index contributed by atoms with van der Waals surface area (Å²) < 4.78 is 0.791. The largest absolute Gasteiger partial charge is 0.619 e. The summed E-state index contributed by atoms with van der Waals surface area (Å²) in [7, 11) is 0. The van der Waals surface area contributed by atoms with Gasteiger partial charge >= 0.3 is 0 Å². The lowest BCUT2D eigenvalue weighted by atomic mass is 9.90. The molecule has 1 aliphatic heterocycles. The topological polar surface area (TPSA) is 72.2 Å². The van der Waals surface area contributed by atoms with Crippen molar-refractivity contribution in [1.82, 2.24) is 9.88 Å². The van der Waals surface area contributed by atoms with E-state index in [1.165, 1.54) is 18.6 Å². The minimum Gasteiger partial charge on any atom is -0.619 e. The quantitative estimate of drug-likeness (QED) is 0.672. The number of nitrogens with one attached hydrogen (secondary N) is 1. The number of anilines is 1. The van der Waals surface area contributed by atoms with Crippen molar-refractivity contribution in [2.75, 3.05) is 18.4 Å². The van der Waals surface area contributed by atoms with Crippen LogP contribution in [-0.4, -0.2) is 34.9 Å². The van der Waals surface area contributed by atoms with E-state index in [9.17, 15) is 10.0 Å². The highest BCUT2D eigenvalue weighted by molar-refractivity contribution is 6.30. The van der Waals surface area contributed by atoms with Crippen molar-refractivity contribution in [3.05, 3.63) is 58.6 Å². The van der Waals surface area contributed by atoms with Crippen LogP contribution in [0.15, 0.2) is 42.9 Å². The molecule has 25 heavy (non-hydrogen) atoms. The van der Waals surface area contributed by atoms with Crippen LogP contribution in [0.4, 0.5) is 5.82 Å². The third-order valence-corrected chi connectivity index (χ3v) is 4.88. The lowest BCUT2D eigenvalue weighted by molar-refractivity contribution is -0.605. The van der Waals surface area contributed by atoms with Crippen LogP contribution < -0.4 is 10.0 Å². The summed E-state index contributed by atoms with van der Waals surface area (Å²) in [4.78, 5) is 18.8. The zero-order valence-corrected chi connectivity index (χ0v) is 14.8. The smallest absolute Gasteiger partial charge is 0.242 e. The normalized spacial score (nSPS) is 19.4. The third kappa shape index (κ3) is 4.46. The fourth-order valence-electron chi connectivity index (χ4n) is 3.17. The lowest BCUT2D eigenvalue weighted by Crippen LogP contribution is -2.46. The average molecular weight is 361 g/mol. The van der Waals surface area contributed by atoms with Gasteiger partial charge in [0.05, 0.1) is 11.1 Å². The van der Waals surface area contributed by atoms with Crippen LogP contribution >= 0.6 is 11.6 Å². The molecule has 1 saturated heterocycles. The molecule has 132 valence electrons. The van der Waals surface area contributed by atoms with Crippen LogP contribution in [0.5, 0.6) is 0 Å². The van der Waals surface area contributed by atoms with Gasteiger partial charge in [-0.15, -0.1) is 0 Å². The summed E-state index contributed by atoms with van der Waals surface area (Å²) >= 11 is 5.81. The van der Waals surface area contributed by atoms with E-state index in [0.29, 0.717) is 16.8 Å². The Kier molecular flexibility index (Phi) is 5.50. The fourth-order valence-corrected chi connectivity index (χ4v) is 3.28. The zero-order chi connectivity index (χ0) is 17.8. The second-order valence-corrected chi connectivity index (χ2v) is 6.79. The van der Waals surface area contributed by atoms with E-state index >= 15 is 0 Å². The van der Waals surface area contributed by atoms with E-state index in [-0.39, 0.29) is 11.9 Å². The molecule has 2 atom stereocenters. The molecule has 0 spiro atoms. The number of halogens is 1. The monoisotopic (exact) mass is 360 g/mol. The number of nitrogens with zero attached hydrogens (tertiary/aromatic N) is 3. The van der Waals surface area contributed by atoms with Gasteiger partial charge in [-0.3, -0.25) is 9.69 Å². The summed E-state index contributed by atoms with van der Waals surface area (Å²) in [5, 5.41) is 14.6. The van der Waals surface area contributed by atoms with Crippen molar-refractivity contribution < 1.29 is 9.52 Å². The molecule has 0 bridgehead atoms. The Hall–Kier alpha value is -2.18. The Morgan fingerprint density at radius 3 is 2.84 bits per heavy atom. The first-order chi connectivity index (χ1) is 12.0. The van der Waals surface area contributed by atoms with E-state index in [1.54, 1.807) is 12.1 Å². The Balaban J connectivity index is 1.62. The van der Waals surface area contributed by atoms with Crippen molar-refractivity contribution in [3.8, 4) is 0 Å². The van der Waals surface area contributed by atoms with Gasteiger partial charge in [0.25, 0.3) is 0 Å². The molecular weight excluding hydrogens is 340 g/mol. The highest BCUT2D eigenvalue weighted by Crippen LogP contribution is 2.27. The number of hydrogen-bond donors (Lipinski definition) is 1. The van der Waals surface area contributed by atoms with Gasteiger partial charge in [0.2, 0.25) is 5.91 Å². The summed E-state index contributed by atoms with van der Waals surface area (Å²) in [5.74, 6) is 0.748. The lowest BCUT2D eigenvalue weighted by Gasteiger charge is -2.36. The number of pyridine rings is 2. The molecule has 0 radical (unpaired) electrons. The fraction of sp³-hybridized carbons (Fsp3) is 0.389. The molecule has 0 aliphatic carbocycles. The SMILES string of the molecule is CC(C(=O)Nc1ccc(Cl)cn1)N1CCC[C@@H](c2cc[n+]([O-])cc2)C1. The van der Waals surface area contributed by atoms with Gasteiger partial charge in [-0.25, -0.2) is 4.98 Å². The van der Waals surface area contributed by atoms with E-state index < -0.39 is 0 Å². The average Bonchev–Trinajstić information content (AvgIpc) is 2.63. The second-order valence-electron chi connectivity index (χ2n) is 6.35. The van der Waals surface area contributed by atoms with Gasteiger partial charge < -0.3 is 10.5 Å². The van der Waals surface area contributed by atoms with E-state index in [1.807, 2.05) is 19.1 Å². The summed E-state index contributed by atoms with van der Waals surface area (Å²) in [5.41, 5.74) is 1.14. The van der Waals surface area contributed by atoms with Gasteiger partial charge in [0, 0.05) is 24.9 Å². The molecule has 0 saturated carbocycles. The Labute approximate surface area is 152 Å². The molecule has 7 heteroatoms. The van der Waals surface area contributed by atoms with Crippen LogP contribution in [0.3, 0.4) is 0 Å². The summed E-state index contributed by atoms with van der Waals surface area (Å²) in [6.07, 6.45) is 6.64. The molecule has 1 amide bonds. The molecule has 1 fully saturated rings. The molecule has 6 nitrogen and oxygen atoms in total. The maximum absolute atomic E-state index is 12.5. The maximum Gasteiger partial charge on any atom is 0.242 e. The van der Waals surface area contributed by atoms with Crippen molar-refractivity contribution in [3.63, 3.8) is 0 Å². The minimum absolute atomic E-state index is 0.0825. The van der Waals surface area contributed by atoms with E-state index in [4.69, 9.17) is 11.6 Å². The molecule has 1 N–H and O–H groups in total. The number of carbonyl (C=O) groups is 1. The number of piperidine rings is 1. The number of aromatic nitrogens is 2. The number of amides is 1. The second kappa shape index (κ2) is 7.80. The van der Waals surface area contributed by atoms with Crippen molar-refractivity contribution in [1.29, 1.82) is 0 Å². The number of hydrogen-bond acceptors (Lipinski definition) is 4. The first-order valence-electron chi connectivity index (χ1n) is 8.38. The van der Waals surface area contributed by atoms with Gasteiger partial charge in [-0.2, -0.15) is 4.73 Å². The van der Waals surface area contributed by atoms with Gasteiger partial charge in [0.1, 0.15) is 5.82 Å². The predicted octanol–water partition coefficient (Wildman–Crippen LogP) is 2.58. The number of rotatable bonds is 4. The first kappa shape index (κ1) is 17.6. The van der Waals surface area contributed by atoms with Crippen LogP contribution in [0.25, 0.3) is 0 Å². The Morgan fingerprint density at radius 1 is 1.40 bits per heavy atom. The van der Waals surface area contributed by atoms with Crippen LogP contribution in [0, 0.1) is 5.21 Å². The molecular formula is C18H21ClN4O2. The van der Waals surface area contributed by atoms with Crippen LogP contribution in [0.1, 0.15) is 31.2 Å². The summed E-state index contributed by atoms with van der Waals surface area (Å²) in [6, 6.07) is 6.86. The first-order valence-corrected chi connectivity index (χ1v) is 8.76. The molecule has 2 aromatic rings. The molecule has 2 aromatic heterocycles. The molecule has 3 heterocycles. The van der Waals surface area contributed by atoms with E-state index in [0.717, 1.165) is 36.2 Å². The van der Waals surface area contributed by atoms with Gasteiger partial charge in [0.15, 0.2) is 12.4 Å². The van der Waals surface area contributed by atoms with Crippen LogP contribution in [-0.2, 0) is 4.79 Å². The highest BCUT2D eigenvalue weighted by atomic mass is 35.5. The minimum atomic E-state index is -0.256. The molecule has 3 rings (SSSR count). The van der Waals surface area contributed by atoms with Crippen molar-refractivity contribution in [2.45, 2.75) is 31.7 Å². The molecule has 1 unspecified atom stereocenters. The Morgan fingerprint density at radius 2 is 2.16 bits per heavy atom. The zero-order valence-electron chi connectivity index (χ0n) is 14.1. The molecule has 0 aromatic carbocycles. The van der Waals surface area contributed by atoms with E-state index in [2.05, 4.69) is 15.2 Å².